The van der Waals surface area contributed by atoms with Gasteiger partial charge in [-0.05, 0) is 24.6 Å². The summed E-state index contributed by atoms with van der Waals surface area (Å²) in [6.07, 6.45) is 1.04. The minimum Gasteiger partial charge on any atom is -0.249 e. The maximum absolute atomic E-state index is 11.8. The van der Waals surface area contributed by atoms with E-state index in [1.807, 2.05) is 18.2 Å². The Hall–Kier alpha value is 0.130. The first kappa shape index (κ1) is 10.6. The highest BCUT2D eigenvalue weighted by molar-refractivity contribution is 9.11. The molecule has 0 amide bonds. The van der Waals surface area contributed by atoms with E-state index >= 15 is 0 Å². The Morgan fingerprint density at radius 2 is 1.71 bits per heavy atom. The van der Waals surface area contributed by atoms with Crippen molar-refractivity contribution in [2.75, 3.05) is 11.5 Å². The number of hydrogen-bond acceptors (Lipinski definition) is 2. The number of halogens is 2. The molecule has 1 aromatic rings. The molecule has 5 heteroatoms. The lowest BCUT2D eigenvalue weighted by molar-refractivity contribution is 0.663. The summed E-state index contributed by atoms with van der Waals surface area (Å²) in [6, 6.07) is 5.71. The van der Waals surface area contributed by atoms with E-state index in [9.17, 15) is 4.21 Å². The van der Waals surface area contributed by atoms with Crippen LogP contribution < -0.4 is 0 Å². The van der Waals surface area contributed by atoms with Crippen molar-refractivity contribution in [3.63, 3.8) is 0 Å². The standard InChI is InChI=1S/C9H9Br2NOS/c10-7-4-8(11)6-9(5-7)12-14(13)2-1-3-14/h4-6H,1-3H2. The third kappa shape index (κ3) is 2.38. The lowest BCUT2D eigenvalue weighted by Crippen LogP contribution is -2.22. The van der Waals surface area contributed by atoms with Gasteiger partial charge in [-0.25, -0.2) is 4.21 Å². The third-order valence-electron chi connectivity index (χ3n) is 2.05. The normalized spacial score (nSPS) is 18.7. The molecule has 0 radical (unpaired) electrons. The van der Waals surface area contributed by atoms with Gasteiger partial charge in [0.1, 0.15) is 0 Å². The first-order valence-electron chi connectivity index (χ1n) is 4.26. The highest BCUT2D eigenvalue weighted by Gasteiger charge is 2.19. The third-order valence-corrected chi connectivity index (χ3v) is 5.36. The molecule has 0 aliphatic carbocycles. The Morgan fingerprint density at radius 1 is 1.14 bits per heavy atom. The second-order valence-corrected chi connectivity index (χ2v) is 7.63. The fourth-order valence-corrected chi connectivity index (χ4v) is 3.99. The monoisotopic (exact) mass is 337 g/mol. The van der Waals surface area contributed by atoms with Crippen LogP contribution in [0.2, 0.25) is 0 Å². The lowest BCUT2D eigenvalue weighted by Gasteiger charge is -2.17. The highest BCUT2D eigenvalue weighted by Crippen LogP contribution is 2.28. The average Bonchev–Trinajstić information content (AvgIpc) is 1.99. The summed E-state index contributed by atoms with van der Waals surface area (Å²) in [5.41, 5.74) is 0.788. The predicted octanol–water partition coefficient (Wildman–Crippen LogP) is 3.71. The SMILES string of the molecule is O=S1(=Nc2cc(Br)cc(Br)c2)CCC1. The average molecular weight is 339 g/mol. The smallest absolute Gasteiger partial charge is 0.0752 e. The van der Waals surface area contributed by atoms with Crippen LogP contribution >= 0.6 is 31.9 Å². The predicted molar refractivity (Wildman–Crippen MR) is 66.4 cm³/mol. The van der Waals surface area contributed by atoms with Gasteiger partial charge in [-0.2, -0.15) is 4.36 Å². The van der Waals surface area contributed by atoms with E-state index in [0.29, 0.717) is 0 Å². The van der Waals surface area contributed by atoms with Crippen LogP contribution in [-0.2, 0) is 9.73 Å². The molecular formula is C9H9Br2NOS. The molecule has 1 aliphatic heterocycles. The molecular weight excluding hydrogens is 330 g/mol. The molecule has 0 atom stereocenters. The van der Waals surface area contributed by atoms with Crippen molar-refractivity contribution in [3.8, 4) is 0 Å². The molecule has 0 spiro atoms. The minimum absolute atomic E-state index is 0.747. The number of rotatable bonds is 1. The summed E-state index contributed by atoms with van der Waals surface area (Å²) in [4.78, 5) is 0. The summed E-state index contributed by atoms with van der Waals surface area (Å²) in [5, 5.41) is 0. The molecule has 0 unspecified atom stereocenters. The number of hydrogen-bond donors (Lipinski definition) is 0. The largest absolute Gasteiger partial charge is 0.249 e. The van der Waals surface area contributed by atoms with Crippen molar-refractivity contribution < 1.29 is 4.21 Å². The van der Waals surface area contributed by atoms with Crippen molar-refractivity contribution in [2.24, 2.45) is 4.36 Å². The van der Waals surface area contributed by atoms with E-state index in [1.54, 1.807) is 0 Å². The van der Waals surface area contributed by atoms with Crippen molar-refractivity contribution in [1.29, 1.82) is 0 Å². The summed E-state index contributed by atoms with van der Waals surface area (Å²) in [5.74, 6) is 1.49. The van der Waals surface area contributed by atoms with Gasteiger partial charge in [0.05, 0.1) is 15.4 Å². The molecule has 2 nitrogen and oxygen atoms in total. The second kappa shape index (κ2) is 3.94. The van der Waals surface area contributed by atoms with Crippen LogP contribution in [0.15, 0.2) is 31.5 Å². The molecule has 1 fully saturated rings. The molecule has 0 bridgehead atoms. The Balaban J connectivity index is 2.43. The minimum atomic E-state index is -1.89. The Labute approximate surface area is 101 Å². The van der Waals surface area contributed by atoms with E-state index in [1.165, 1.54) is 0 Å². The zero-order chi connectivity index (χ0) is 10.2. The van der Waals surface area contributed by atoms with Crippen LogP contribution in [-0.4, -0.2) is 15.7 Å². The van der Waals surface area contributed by atoms with Gasteiger partial charge >= 0.3 is 0 Å². The fourth-order valence-electron chi connectivity index (χ4n) is 1.27. The number of nitrogens with zero attached hydrogens (tertiary/aromatic N) is 1. The molecule has 14 heavy (non-hydrogen) atoms. The van der Waals surface area contributed by atoms with Crippen LogP contribution in [0.1, 0.15) is 6.42 Å². The molecule has 2 rings (SSSR count). The molecule has 76 valence electrons. The maximum Gasteiger partial charge on any atom is 0.0752 e. The summed E-state index contributed by atoms with van der Waals surface area (Å²) < 4.78 is 18.0. The summed E-state index contributed by atoms with van der Waals surface area (Å²) >= 11 is 6.76. The Morgan fingerprint density at radius 3 is 2.14 bits per heavy atom. The van der Waals surface area contributed by atoms with Gasteiger partial charge in [-0.3, -0.25) is 0 Å². The topological polar surface area (TPSA) is 29.4 Å². The molecule has 0 aromatic heterocycles. The van der Waals surface area contributed by atoms with Gasteiger partial charge in [-0.1, -0.05) is 31.9 Å². The molecule has 1 aromatic carbocycles. The van der Waals surface area contributed by atoms with Gasteiger partial charge in [0.2, 0.25) is 0 Å². The maximum atomic E-state index is 11.8. The Bertz CT molecular complexity index is 447. The summed E-state index contributed by atoms with van der Waals surface area (Å²) in [7, 11) is -1.89. The van der Waals surface area contributed by atoms with Crippen molar-refractivity contribution in [3.05, 3.63) is 27.1 Å². The van der Waals surface area contributed by atoms with Crippen LogP contribution in [0.25, 0.3) is 0 Å². The molecule has 1 aliphatic rings. The second-order valence-electron chi connectivity index (χ2n) is 3.25. The van der Waals surface area contributed by atoms with E-state index in [0.717, 1.165) is 32.6 Å². The summed E-state index contributed by atoms with van der Waals surface area (Å²) in [6.45, 7) is 0. The Kier molecular flexibility index (Phi) is 3.00. The fraction of sp³-hybridized carbons (Fsp3) is 0.333. The lowest BCUT2D eigenvalue weighted by atomic mass is 10.3. The van der Waals surface area contributed by atoms with Crippen LogP contribution in [0.4, 0.5) is 5.69 Å². The van der Waals surface area contributed by atoms with Gasteiger partial charge in [-0.15, -0.1) is 0 Å². The van der Waals surface area contributed by atoms with Gasteiger partial charge < -0.3 is 0 Å². The highest BCUT2D eigenvalue weighted by atomic mass is 79.9. The van der Waals surface area contributed by atoms with Gasteiger partial charge in [0, 0.05) is 20.5 Å². The van der Waals surface area contributed by atoms with E-state index in [2.05, 4.69) is 36.2 Å². The van der Waals surface area contributed by atoms with E-state index in [-0.39, 0.29) is 0 Å². The zero-order valence-electron chi connectivity index (χ0n) is 7.37. The van der Waals surface area contributed by atoms with Crippen LogP contribution in [0.5, 0.6) is 0 Å². The van der Waals surface area contributed by atoms with E-state index in [4.69, 9.17) is 0 Å². The first-order chi connectivity index (χ1) is 6.57. The van der Waals surface area contributed by atoms with Crippen molar-refractivity contribution >= 4 is 47.3 Å². The molecule has 1 heterocycles. The first-order valence-corrected chi connectivity index (χ1v) is 7.70. The van der Waals surface area contributed by atoms with Gasteiger partial charge in [0.25, 0.3) is 0 Å². The van der Waals surface area contributed by atoms with Crippen LogP contribution in [0, 0.1) is 0 Å². The molecule has 0 N–H and O–H groups in total. The molecule has 0 saturated carbocycles. The number of benzene rings is 1. The molecule has 1 saturated heterocycles. The van der Waals surface area contributed by atoms with Crippen molar-refractivity contribution in [1.82, 2.24) is 0 Å². The quantitative estimate of drug-likeness (QED) is 0.767. The van der Waals surface area contributed by atoms with E-state index < -0.39 is 9.73 Å². The van der Waals surface area contributed by atoms with Crippen LogP contribution in [0.3, 0.4) is 0 Å². The zero-order valence-corrected chi connectivity index (χ0v) is 11.4. The van der Waals surface area contributed by atoms with Gasteiger partial charge in [0.15, 0.2) is 0 Å². The van der Waals surface area contributed by atoms with Crippen molar-refractivity contribution in [2.45, 2.75) is 6.42 Å².